The van der Waals surface area contributed by atoms with Gasteiger partial charge in [0, 0.05) is 18.4 Å². The Morgan fingerprint density at radius 1 is 1.00 bits per heavy atom. The minimum absolute atomic E-state index is 0.0784. The Morgan fingerprint density at radius 3 is 2.03 bits per heavy atom. The molecule has 29 heavy (non-hydrogen) atoms. The summed E-state index contributed by atoms with van der Waals surface area (Å²) in [5, 5.41) is 29.4. The molecule has 1 heterocycles. The highest BCUT2D eigenvalue weighted by Gasteiger charge is 2.31. The molecule has 1 atom stereocenters. The standard InChI is InChI=1S/C22H25ClN2O4/c1-2-21-24-19(12-29-21)17-7-3-15(4-8-17)16-5-9-18(10-6-16)20(28)11-22(13-26,14-27)25-23/h3-10,12,20,25-28H,2,11,13-14H2,1H3. The van der Waals surface area contributed by atoms with E-state index in [0.717, 1.165) is 28.8 Å². The molecule has 0 bridgehead atoms. The zero-order valence-corrected chi connectivity index (χ0v) is 16.9. The highest BCUT2D eigenvalue weighted by Crippen LogP contribution is 2.28. The number of benzene rings is 2. The third-order valence-corrected chi connectivity index (χ3v) is 5.45. The van der Waals surface area contributed by atoms with Gasteiger partial charge in [-0.3, -0.25) is 0 Å². The van der Waals surface area contributed by atoms with E-state index in [4.69, 9.17) is 16.2 Å². The lowest BCUT2D eigenvalue weighted by Gasteiger charge is -2.30. The van der Waals surface area contributed by atoms with E-state index in [1.807, 2.05) is 55.5 Å². The van der Waals surface area contributed by atoms with Gasteiger partial charge in [-0.2, -0.15) is 0 Å². The summed E-state index contributed by atoms with van der Waals surface area (Å²) >= 11 is 5.64. The van der Waals surface area contributed by atoms with Crippen LogP contribution in [-0.2, 0) is 6.42 Å². The lowest BCUT2D eigenvalue weighted by molar-refractivity contribution is 0.0526. The third kappa shape index (κ3) is 4.86. The van der Waals surface area contributed by atoms with Gasteiger partial charge in [-0.25, -0.2) is 9.82 Å². The molecule has 0 saturated carbocycles. The minimum Gasteiger partial charge on any atom is -0.448 e. The maximum atomic E-state index is 10.5. The Labute approximate surface area is 174 Å². The van der Waals surface area contributed by atoms with Crippen molar-refractivity contribution in [2.24, 2.45) is 0 Å². The van der Waals surface area contributed by atoms with Gasteiger partial charge in [0.1, 0.15) is 12.0 Å². The largest absolute Gasteiger partial charge is 0.448 e. The molecule has 6 nitrogen and oxygen atoms in total. The van der Waals surface area contributed by atoms with Gasteiger partial charge in [0.05, 0.1) is 24.9 Å². The molecule has 3 rings (SSSR count). The van der Waals surface area contributed by atoms with Gasteiger partial charge in [-0.15, -0.1) is 0 Å². The van der Waals surface area contributed by atoms with Crippen LogP contribution in [0.15, 0.2) is 59.2 Å². The fourth-order valence-electron chi connectivity index (χ4n) is 3.10. The number of oxazole rings is 1. The van der Waals surface area contributed by atoms with Gasteiger partial charge in [0.25, 0.3) is 0 Å². The van der Waals surface area contributed by atoms with E-state index < -0.39 is 11.6 Å². The zero-order valence-electron chi connectivity index (χ0n) is 16.2. The van der Waals surface area contributed by atoms with Crippen molar-refractivity contribution in [1.29, 1.82) is 0 Å². The van der Waals surface area contributed by atoms with E-state index in [-0.39, 0.29) is 19.6 Å². The van der Waals surface area contributed by atoms with E-state index in [0.29, 0.717) is 11.5 Å². The minimum atomic E-state index is -1.14. The van der Waals surface area contributed by atoms with Crippen LogP contribution in [0.1, 0.15) is 30.9 Å². The van der Waals surface area contributed by atoms with Crippen molar-refractivity contribution in [3.8, 4) is 22.4 Å². The first-order valence-electron chi connectivity index (χ1n) is 9.47. The molecule has 0 radical (unpaired) electrons. The van der Waals surface area contributed by atoms with Crippen LogP contribution in [0.5, 0.6) is 0 Å². The molecular weight excluding hydrogens is 392 g/mol. The Kier molecular flexibility index (Phi) is 7.05. The second-order valence-electron chi connectivity index (χ2n) is 7.09. The van der Waals surface area contributed by atoms with Crippen molar-refractivity contribution >= 4 is 11.8 Å². The molecular formula is C22H25ClN2O4. The van der Waals surface area contributed by atoms with Crippen LogP contribution in [-0.4, -0.2) is 39.1 Å². The lowest BCUT2D eigenvalue weighted by Crippen LogP contribution is -2.48. The second-order valence-corrected chi connectivity index (χ2v) is 7.28. The molecule has 3 aromatic rings. The van der Waals surface area contributed by atoms with Gasteiger partial charge in [0.2, 0.25) is 0 Å². The Bertz CT molecular complexity index is 897. The maximum absolute atomic E-state index is 10.5. The van der Waals surface area contributed by atoms with E-state index in [9.17, 15) is 15.3 Å². The maximum Gasteiger partial charge on any atom is 0.194 e. The lowest BCUT2D eigenvalue weighted by atomic mass is 9.91. The first-order valence-corrected chi connectivity index (χ1v) is 9.84. The number of nitrogens with zero attached hydrogens (tertiary/aromatic N) is 1. The normalized spacial score (nSPS) is 12.9. The Hall–Kier alpha value is -2.22. The van der Waals surface area contributed by atoms with Gasteiger partial charge in [-0.05, 0) is 28.5 Å². The molecule has 0 aliphatic rings. The van der Waals surface area contributed by atoms with Crippen LogP contribution in [0.25, 0.3) is 22.4 Å². The molecule has 1 aromatic heterocycles. The molecule has 0 aliphatic heterocycles. The predicted molar refractivity (Wildman–Crippen MR) is 112 cm³/mol. The van der Waals surface area contributed by atoms with Crippen LogP contribution < -0.4 is 4.84 Å². The average molecular weight is 417 g/mol. The first-order chi connectivity index (χ1) is 14.0. The fourth-order valence-corrected chi connectivity index (χ4v) is 3.30. The molecule has 2 aromatic carbocycles. The number of nitrogens with one attached hydrogen (secondary N) is 1. The van der Waals surface area contributed by atoms with Crippen LogP contribution >= 0.6 is 11.8 Å². The number of aliphatic hydroxyl groups excluding tert-OH is 3. The predicted octanol–water partition coefficient (Wildman–Crippen LogP) is 3.46. The molecule has 0 saturated heterocycles. The SMILES string of the molecule is CCc1nc(-c2ccc(-c3ccc(C(O)CC(CO)(CO)NCl)cc3)cc2)co1. The van der Waals surface area contributed by atoms with Crippen molar-refractivity contribution in [2.45, 2.75) is 31.4 Å². The number of rotatable bonds is 9. The summed E-state index contributed by atoms with van der Waals surface area (Å²) in [7, 11) is 0. The molecule has 1 unspecified atom stereocenters. The number of halogens is 1. The second kappa shape index (κ2) is 9.52. The molecule has 154 valence electrons. The number of aliphatic hydroxyl groups is 3. The van der Waals surface area contributed by atoms with Gasteiger partial charge in [-0.1, -0.05) is 55.5 Å². The Morgan fingerprint density at radius 2 is 1.55 bits per heavy atom. The number of hydrogen-bond acceptors (Lipinski definition) is 6. The highest BCUT2D eigenvalue weighted by molar-refractivity contribution is 6.13. The number of hydrogen-bond donors (Lipinski definition) is 4. The topological polar surface area (TPSA) is 98.8 Å². The third-order valence-electron chi connectivity index (χ3n) is 5.05. The van der Waals surface area contributed by atoms with E-state index in [1.54, 1.807) is 6.26 Å². The molecule has 4 N–H and O–H groups in total. The van der Waals surface area contributed by atoms with E-state index in [1.165, 1.54) is 0 Å². The molecule has 0 fully saturated rings. The van der Waals surface area contributed by atoms with Gasteiger partial charge >= 0.3 is 0 Å². The zero-order chi connectivity index (χ0) is 20.9. The van der Waals surface area contributed by atoms with Crippen molar-refractivity contribution in [2.75, 3.05) is 13.2 Å². The average Bonchev–Trinajstić information content (AvgIpc) is 3.27. The van der Waals surface area contributed by atoms with Crippen molar-refractivity contribution in [3.05, 3.63) is 66.2 Å². The summed E-state index contributed by atoms with van der Waals surface area (Å²) in [6.45, 7) is 1.22. The molecule has 0 spiro atoms. The first kappa shape index (κ1) is 21.5. The van der Waals surface area contributed by atoms with Crippen molar-refractivity contribution in [1.82, 2.24) is 9.82 Å². The summed E-state index contributed by atoms with van der Waals surface area (Å²) in [6, 6.07) is 15.5. The van der Waals surface area contributed by atoms with Gasteiger partial charge in [0.15, 0.2) is 5.89 Å². The quantitative estimate of drug-likeness (QED) is 0.399. The van der Waals surface area contributed by atoms with Crippen LogP contribution in [0.2, 0.25) is 0 Å². The van der Waals surface area contributed by atoms with Crippen molar-refractivity contribution < 1.29 is 19.7 Å². The summed E-state index contributed by atoms with van der Waals surface area (Å²) < 4.78 is 5.40. The van der Waals surface area contributed by atoms with Crippen molar-refractivity contribution in [3.63, 3.8) is 0 Å². The van der Waals surface area contributed by atoms with Crippen LogP contribution in [0, 0.1) is 0 Å². The highest BCUT2D eigenvalue weighted by atomic mass is 35.5. The molecule has 0 aliphatic carbocycles. The van der Waals surface area contributed by atoms with E-state index >= 15 is 0 Å². The smallest absolute Gasteiger partial charge is 0.194 e. The number of aromatic nitrogens is 1. The van der Waals surface area contributed by atoms with E-state index in [2.05, 4.69) is 9.82 Å². The molecule has 0 amide bonds. The van der Waals surface area contributed by atoms with Gasteiger partial charge < -0.3 is 19.7 Å². The monoisotopic (exact) mass is 416 g/mol. The summed E-state index contributed by atoms with van der Waals surface area (Å²) in [6.07, 6.45) is 1.62. The Balaban J connectivity index is 1.72. The summed E-state index contributed by atoms with van der Waals surface area (Å²) in [5.41, 5.74) is 3.38. The summed E-state index contributed by atoms with van der Waals surface area (Å²) in [5.74, 6) is 0.717. The fraction of sp³-hybridized carbons (Fsp3) is 0.318. The van der Waals surface area contributed by atoms with Crippen LogP contribution in [0.3, 0.4) is 0 Å². The number of aryl methyl sites for hydroxylation is 1. The summed E-state index contributed by atoms with van der Waals surface area (Å²) in [4.78, 5) is 6.82. The molecule has 7 heteroatoms. The van der Waals surface area contributed by atoms with Crippen LogP contribution in [0.4, 0.5) is 0 Å².